The smallest absolute Gasteiger partial charge is 0.228 e. The Morgan fingerprint density at radius 3 is 2.00 bits per heavy atom. The maximum absolute atomic E-state index is 12.6. The molecule has 2 amide bonds. The minimum atomic E-state index is -0.519. The van der Waals surface area contributed by atoms with E-state index in [0.29, 0.717) is 0 Å². The summed E-state index contributed by atoms with van der Waals surface area (Å²) in [5.41, 5.74) is -0.519. The third-order valence-electron chi connectivity index (χ3n) is 4.90. The van der Waals surface area contributed by atoms with Crippen LogP contribution >= 0.6 is 0 Å². The van der Waals surface area contributed by atoms with Crippen molar-refractivity contribution in [2.45, 2.75) is 47.0 Å². The number of rotatable bonds is 4. The van der Waals surface area contributed by atoms with Gasteiger partial charge in [-0.25, -0.2) is 0 Å². The normalized spacial score (nSPS) is 19.4. The summed E-state index contributed by atoms with van der Waals surface area (Å²) >= 11 is 0. The number of nitrogens with zero attached hydrogens (tertiary/aromatic N) is 2. The standard InChI is InChI=1S/C16H30N2O2/c1-12(14(19)18-10-8-7-9-11-18)13(2)16(3,4)15(20)17(5)6/h12-13H,7-11H2,1-6H3. The van der Waals surface area contributed by atoms with Gasteiger partial charge in [0.1, 0.15) is 0 Å². The molecule has 0 radical (unpaired) electrons. The first-order valence-electron chi connectivity index (χ1n) is 7.70. The Bertz CT molecular complexity index is 357. The van der Waals surface area contributed by atoms with Gasteiger partial charge >= 0.3 is 0 Å². The molecule has 4 nitrogen and oxygen atoms in total. The Hall–Kier alpha value is -1.06. The number of likely N-dealkylation sites (tertiary alicyclic amines) is 1. The van der Waals surface area contributed by atoms with Gasteiger partial charge < -0.3 is 9.80 Å². The van der Waals surface area contributed by atoms with Gasteiger partial charge in [0.25, 0.3) is 0 Å². The molecule has 0 aliphatic carbocycles. The molecule has 1 aliphatic rings. The summed E-state index contributed by atoms with van der Waals surface area (Å²) in [5, 5.41) is 0. The lowest BCUT2D eigenvalue weighted by molar-refractivity contribution is -0.146. The van der Waals surface area contributed by atoms with Crippen molar-refractivity contribution in [3.8, 4) is 0 Å². The third kappa shape index (κ3) is 3.53. The fourth-order valence-electron chi connectivity index (χ4n) is 3.01. The van der Waals surface area contributed by atoms with E-state index in [0.717, 1.165) is 25.9 Å². The first kappa shape index (κ1) is 17.0. The van der Waals surface area contributed by atoms with Crippen LogP contribution in [0.5, 0.6) is 0 Å². The molecule has 0 spiro atoms. The maximum Gasteiger partial charge on any atom is 0.228 e. The van der Waals surface area contributed by atoms with Crippen LogP contribution in [0.2, 0.25) is 0 Å². The van der Waals surface area contributed by atoms with Crippen molar-refractivity contribution in [1.82, 2.24) is 9.80 Å². The van der Waals surface area contributed by atoms with Crippen LogP contribution < -0.4 is 0 Å². The summed E-state index contributed by atoms with van der Waals surface area (Å²) in [4.78, 5) is 28.5. The van der Waals surface area contributed by atoms with E-state index in [1.54, 1.807) is 19.0 Å². The van der Waals surface area contributed by atoms with Gasteiger partial charge in [0.05, 0.1) is 0 Å². The number of carbonyl (C=O) groups is 2. The Labute approximate surface area is 123 Å². The number of piperidine rings is 1. The highest BCUT2D eigenvalue weighted by molar-refractivity contribution is 5.84. The van der Waals surface area contributed by atoms with E-state index in [9.17, 15) is 9.59 Å². The topological polar surface area (TPSA) is 40.6 Å². The van der Waals surface area contributed by atoms with E-state index < -0.39 is 5.41 Å². The second-order valence-corrected chi connectivity index (χ2v) is 6.88. The zero-order valence-electron chi connectivity index (χ0n) is 13.9. The average molecular weight is 282 g/mol. The van der Waals surface area contributed by atoms with Gasteiger partial charge in [-0.3, -0.25) is 9.59 Å². The summed E-state index contributed by atoms with van der Waals surface area (Å²) in [6.07, 6.45) is 3.43. The van der Waals surface area contributed by atoms with Crippen LogP contribution in [0.1, 0.15) is 47.0 Å². The van der Waals surface area contributed by atoms with Gasteiger partial charge in [0, 0.05) is 38.5 Å². The second-order valence-electron chi connectivity index (χ2n) is 6.88. The summed E-state index contributed by atoms with van der Waals surface area (Å²) in [6.45, 7) is 9.62. The van der Waals surface area contributed by atoms with Crippen molar-refractivity contribution in [3.05, 3.63) is 0 Å². The molecule has 1 fully saturated rings. The van der Waals surface area contributed by atoms with Gasteiger partial charge in [-0.1, -0.05) is 27.7 Å². The van der Waals surface area contributed by atoms with Crippen LogP contribution in [0.3, 0.4) is 0 Å². The van der Waals surface area contributed by atoms with Crippen molar-refractivity contribution in [2.75, 3.05) is 27.2 Å². The lowest BCUT2D eigenvalue weighted by Crippen LogP contribution is -2.47. The Morgan fingerprint density at radius 2 is 1.55 bits per heavy atom. The summed E-state index contributed by atoms with van der Waals surface area (Å²) in [6, 6.07) is 0. The van der Waals surface area contributed by atoms with Crippen molar-refractivity contribution in [3.63, 3.8) is 0 Å². The van der Waals surface area contributed by atoms with Gasteiger partial charge in [0.15, 0.2) is 0 Å². The molecular formula is C16H30N2O2. The van der Waals surface area contributed by atoms with E-state index in [-0.39, 0.29) is 23.7 Å². The fourth-order valence-corrected chi connectivity index (χ4v) is 3.01. The molecule has 0 aromatic heterocycles. The van der Waals surface area contributed by atoms with E-state index >= 15 is 0 Å². The fraction of sp³-hybridized carbons (Fsp3) is 0.875. The first-order valence-corrected chi connectivity index (χ1v) is 7.70. The molecule has 0 aromatic rings. The molecule has 0 N–H and O–H groups in total. The third-order valence-corrected chi connectivity index (χ3v) is 4.90. The quantitative estimate of drug-likeness (QED) is 0.794. The maximum atomic E-state index is 12.6. The molecule has 1 rings (SSSR count). The summed E-state index contributed by atoms with van der Waals surface area (Å²) in [5.74, 6) is 0.193. The number of carbonyl (C=O) groups excluding carboxylic acids is 2. The number of amides is 2. The van der Waals surface area contributed by atoms with Crippen LogP contribution in [-0.2, 0) is 9.59 Å². The van der Waals surface area contributed by atoms with Crippen LogP contribution in [0.4, 0.5) is 0 Å². The van der Waals surface area contributed by atoms with E-state index in [2.05, 4.69) is 0 Å². The zero-order chi connectivity index (χ0) is 15.5. The highest BCUT2D eigenvalue weighted by atomic mass is 16.2. The molecule has 1 saturated heterocycles. The van der Waals surface area contributed by atoms with E-state index in [1.165, 1.54) is 6.42 Å². The van der Waals surface area contributed by atoms with Gasteiger partial charge in [-0.05, 0) is 25.2 Å². The molecule has 20 heavy (non-hydrogen) atoms. The highest BCUT2D eigenvalue weighted by Gasteiger charge is 2.41. The van der Waals surface area contributed by atoms with Gasteiger partial charge in [-0.2, -0.15) is 0 Å². The van der Waals surface area contributed by atoms with Crippen LogP contribution in [0.25, 0.3) is 0 Å². The number of hydrogen-bond donors (Lipinski definition) is 0. The molecular weight excluding hydrogens is 252 g/mol. The predicted molar refractivity (Wildman–Crippen MR) is 81.2 cm³/mol. The molecule has 1 heterocycles. The van der Waals surface area contributed by atoms with Gasteiger partial charge in [0.2, 0.25) is 11.8 Å². The lowest BCUT2D eigenvalue weighted by Gasteiger charge is -2.38. The summed E-state index contributed by atoms with van der Waals surface area (Å²) in [7, 11) is 3.54. The Kier molecular flexibility index (Phi) is 5.60. The van der Waals surface area contributed by atoms with Crippen LogP contribution in [0, 0.1) is 17.3 Å². The Balaban J connectivity index is 2.76. The molecule has 0 aromatic carbocycles. The highest BCUT2D eigenvalue weighted by Crippen LogP contribution is 2.35. The molecule has 116 valence electrons. The lowest BCUT2D eigenvalue weighted by atomic mass is 9.72. The van der Waals surface area contributed by atoms with Crippen LogP contribution in [0.15, 0.2) is 0 Å². The van der Waals surface area contributed by atoms with Crippen molar-refractivity contribution >= 4 is 11.8 Å². The minimum Gasteiger partial charge on any atom is -0.348 e. The summed E-state index contributed by atoms with van der Waals surface area (Å²) < 4.78 is 0. The average Bonchev–Trinajstić information content (AvgIpc) is 2.44. The number of hydrogen-bond acceptors (Lipinski definition) is 2. The molecule has 0 bridgehead atoms. The van der Waals surface area contributed by atoms with Crippen molar-refractivity contribution in [1.29, 1.82) is 0 Å². The van der Waals surface area contributed by atoms with E-state index in [4.69, 9.17) is 0 Å². The SMILES string of the molecule is CC(C(=O)N1CCCCC1)C(C)C(C)(C)C(=O)N(C)C. The largest absolute Gasteiger partial charge is 0.348 e. The molecule has 2 atom stereocenters. The van der Waals surface area contributed by atoms with Crippen molar-refractivity contribution in [2.24, 2.45) is 17.3 Å². The minimum absolute atomic E-state index is 0.0202. The molecule has 2 unspecified atom stereocenters. The first-order chi connectivity index (χ1) is 9.19. The van der Waals surface area contributed by atoms with Crippen molar-refractivity contribution < 1.29 is 9.59 Å². The zero-order valence-corrected chi connectivity index (χ0v) is 13.9. The molecule has 0 saturated carbocycles. The van der Waals surface area contributed by atoms with Gasteiger partial charge in [-0.15, -0.1) is 0 Å². The molecule has 1 aliphatic heterocycles. The Morgan fingerprint density at radius 1 is 1.05 bits per heavy atom. The monoisotopic (exact) mass is 282 g/mol. The van der Waals surface area contributed by atoms with Crippen LogP contribution in [-0.4, -0.2) is 48.8 Å². The predicted octanol–water partition coefficient (Wildman–Crippen LogP) is 2.39. The molecule has 4 heteroatoms. The van der Waals surface area contributed by atoms with E-state index in [1.807, 2.05) is 32.6 Å². The second kappa shape index (κ2) is 6.59.